The summed E-state index contributed by atoms with van der Waals surface area (Å²) in [7, 11) is 0. The molecular weight excluding hydrogens is 246 g/mol. The number of aromatic nitrogens is 2. The van der Waals surface area contributed by atoms with Crippen LogP contribution in [0.3, 0.4) is 0 Å². The van der Waals surface area contributed by atoms with Crippen molar-refractivity contribution in [1.29, 1.82) is 0 Å². The third-order valence-corrected chi connectivity index (χ3v) is 2.90. The number of halogens is 1. The second kappa shape index (κ2) is 4.23. The van der Waals surface area contributed by atoms with Gasteiger partial charge in [0.25, 0.3) is 0 Å². The average molecular weight is 258 g/mol. The minimum atomic E-state index is 0.192. The zero-order valence-electron chi connectivity index (χ0n) is 7.73. The van der Waals surface area contributed by atoms with Crippen molar-refractivity contribution in [2.45, 2.75) is 18.9 Å². The fraction of sp³-hybridized carbons (Fsp3) is 0.556. The van der Waals surface area contributed by atoms with E-state index in [-0.39, 0.29) is 12.6 Å². The summed E-state index contributed by atoms with van der Waals surface area (Å²) in [6.07, 6.45) is 5.57. The lowest BCUT2D eigenvalue weighted by atomic mass is 10.2. The minimum absolute atomic E-state index is 0.192. The molecule has 2 rings (SSSR count). The van der Waals surface area contributed by atoms with Gasteiger partial charge >= 0.3 is 0 Å². The molecule has 2 heterocycles. The van der Waals surface area contributed by atoms with Crippen LogP contribution in [-0.4, -0.2) is 34.3 Å². The van der Waals surface area contributed by atoms with E-state index < -0.39 is 0 Å². The highest BCUT2D eigenvalue weighted by molar-refractivity contribution is 9.10. The summed E-state index contributed by atoms with van der Waals surface area (Å²) in [5, 5.41) is 9.15. The molecule has 0 bridgehead atoms. The van der Waals surface area contributed by atoms with Gasteiger partial charge in [0.1, 0.15) is 10.4 Å². The second-order valence-electron chi connectivity index (χ2n) is 3.37. The van der Waals surface area contributed by atoms with Crippen LogP contribution in [0.1, 0.15) is 12.8 Å². The van der Waals surface area contributed by atoms with Crippen molar-refractivity contribution < 1.29 is 5.11 Å². The van der Waals surface area contributed by atoms with Crippen LogP contribution in [0.25, 0.3) is 0 Å². The summed E-state index contributed by atoms with van der Waals surface area (Å²) in [5.41, 5.74) is 0. The normalized spacial score (nSPS) is 21.6. The summed E-state index contributed by atoms with van der Waals surface area (Å²) in [6.45, 7) is 1.15. The Kier molecular flexibility index (Phi) is 2.98. The number of nitrogens with zero attached hydrogens (tertiary/aromatic N) is 3. The third-order valence-electron chi connectivity index (χ3n) is 2.49. The van der Waals surface area contributed by atoms with E-state index in [4.69, 9.17) is 5.11 Å². The average Bonchev–Trinajstić information content (AvgIpc) is 2.67. The molecule has 76 valence electrons. The van der Waals surface area contributed by atoms with E-state index in [0.29, 0.717) is 0 Å². The highest BCUT2D eigenvalue weighted by atomic mass is 79.9. The Morgan fingerprint density at radius 1 is 1.50 bits per heavy atom. The fourth-order valence-corrected chi connectivity index (χ4v) is 1.99. The highest BCUT2D eigenvalue weighted by Gasteiger charge is 2.24. The predicted octanol–water partition coefficient (Wildman–Crippen LogP) is 1.20. The highest BCUT2D eigenvalue weighted by Crippen LogP contribution is 2.23. The standard InChI is InChI=1S/C9H12BrN3O/c10-8-4-12-9(5-11-8)13-3-1-2-7(13)6-14/h4-5,7,14H,1-3,6H2. The molecule has 0 spiro atoms. The Labute approximate surface area is 91.1 Å². The van der Waals surface area contributed by atoms with E-state index >= 15 is 0 Å². The van der Waals surface area contributed by atoms with E-state index in [0.717, 1.165) is 29.8 Å². The quantitative estimate of drug-likeness (QED) is 0.866. The van der Waals surface area contributed by atoms with Crippen molar-refractivity contribution in [2.75, 3.05) is 18.1 Å². The van der Waals surface area contributed by atoms with Gasteiger partial charge in [-0.1, -0.05) is 0 Å². The molecule has 1 aliphatic heterocycles. The molecule has 5 heteroatoms. The van der Waals surface area contributed by atoms with Gasteiger partial charge in [0.2, 0.25) is 0 Å². The van der Waals surface area contributed by atoms with Crippen LogP contribution in [0, 0.1) is 0 Å². The molecule has 1 N–H and O–H groups in total. The van der Waals surface area contributed by atoms with Gasteiger partial charge in [0.05, 0.1) is 25.0 Å². The SMILES string of the molecule is OCC1CCCN1c1cnc(Br)cn1. The van der Waals surface area contributed by atoms with Crippen LogP contribution in [-0.2, 0) is 0 Å². The maximum Gasteiger partial charge on any atom is 0.147 e. The first-order valence-corrected chi connectivity index (χ1v) is 5.45. The van der Waals surface area contributed by atoms with Gasteiger partial charge in [-0.25, -0.2) is 9.97 Å². The summed E-state index contributed by atoms with van der Waals surface area (Å²) >= 11 is 3.24. The maximum absolute atomic E-state index is 9.15. The minimum Gasteiger partial charge on any atom is -0.394 e. The summed E-state index contributed by atoms with van der Waals surface area (Å²) in [4.78, 5) is 10.5. The number of hydrogen-bond donors (Lipinski definition) is 1. The van der Waals surface area contributed by atoms with Crippen LogP contribution in [0.5, 0.6) is 0 Å². The van der Waals surface area contributed by atoms with Gasteiger partial charge in [-0.05, 0) is 28.8 Å². The van der Waals surface area contributed by atoms with Gasteiger partial charge in [0.15, 0.2) is 0 Å². The number of rotatable bonds is 2. The van der Waals surface area contributed by atoms with Crippen LogP contribution in [0.2, 0.25) is 0 Å². The van der Waals surface area contributed by atoms with E-state index in [2.05, 4.69) is 30.8 Å². The van der Waals surface area contributed by atoms with Gasteiger partial charge in [-0.2, -0.15) is 0 Å². The first-order chi connectivity index (χ1) is 6.81. The molecule has 1 aliphatic rings. The van der Waals surface area contributed by atoms with Gasteiger partial charge in [-0.15, -0.1) is 0 Å². The smallest absolute Gasteiger partial charge is 0.147 e. The Morgan fingerprint density at radius 2 is 2.36 bits per heavy atom. The third kappa shape index (κ3) is 1.88. The molecule has 0 saturated carbocycles. The molecule has 0 aliphatic carbocycles. The van der Waals surface area contributed by atoms with Crippen LogP contribution < -0.4 is 4.90 Å². The Morgan fingerprint density at radius 3 is 3.00 bits per heavy atom. The topological polar surface area (TPSA) is 49.2 Å². The second-order valence-corrected chi connectivity index (χ2v) is 4.18. The van der Waals surface area contributed by atoms with Crippen molar-refractivity contribution >= 4 is 21.7 Å². The molecule has 0 amide bonds. The number of aliphatic hydroxyl groups excluding tert-OH is 1. The fourth-order valence-electron chi connectivity index (χ4n) is 1.78. The van der Waals surface area contributed by atoms with Crippen molar-refractivity contribution in [3.8, 4) is 0 Å². The predicted molar refractivity (Wildman–Crippen MR) is 57.2 cm³/mol. The lowest BCUT2D eigenvalue weighted by molar-refractivity contribution is 0.266. The van der Waals surface area contributed by atoms with Crippen molar-refractivity contribution in [1.82, 2.24) is 9.97 Å². The first-order valence-electron chi connectivity index (χ1n) is 4.66. The number of aliphatic hydroxyl groups is 1. The van der Waals surface area contributed by atoms with Crippen molar-refractivity contribution in [3.63, 3.8) is 0 Å². The monoisotopic (exact) mass is 257 g/mol. The summed E-state index contributed by atoms with van der Waals surface area (Å²) < 4.78 is 0.737. The largest absolute Gasteiger partial charge is 0.394 e. The molecular formula is C9H12BrN3O. The number of anilines is 1. The summed E-state index contributed by atoms with van der Waals surface area (Å²) in [6, 6.07) is 0.213. The molecule has 1 saturated heterocycles. The molecule has 1 fully saturated rings. The Bertz CT molecular complexity index is 303. The van der Waals surface area contributed by atoms with E-state index in [1.54, 1.807) is 12.4 Å². The Balaban J connectivity index is 2.17. The zero-order chi connectivity index (χ0) is 9.97. The van der Waals surface area contributed by atoms with Gasteiger partial charge in [-0.3, -0.25) is 0 Å². The van der Waals surface area contributed by atoms with Crippen LogP contribution >= 0.6 is 15.9 Å². The van der Waals surface area contributed by atoms with Crippen LogP contribution in [0.4, 0.5) is 5.82 Å². The molecule has 14 heavy (non-hydrogen) atoms. The van der Waals surface area contributed by atoms with E-state index in [9.17, 15) is 0 Å². The number of hydrogen-bond acceptors (Lipinski definition) is 4. The molecule has 1 unspecified atom stereocenters. The van der Waals surface area contributed by atoms with E-state index in [1.807, 2.05) is 0 Å². The maximum atomic E-state index is 9.15. The van der Waals surface area contributed by atoms with Crippen molar-refractivity contribution in [2.24, 2.45) is 0 Å². The lowest BCUT2D eigenvalue weighted by Crippen LogP contribution is -2.32. The van der Waals surface area contributed by atoms with E-state index in [1.165, 1.54) is 0 Å². The summed E-state index contributed by atoms with van der Waals surface area (Å²) in [5.74, 6) is 0.852. The van der Waals surface area contributed by atoms with Gasteiger partial charge in [0, 0.05) is 6.54 Å². The molecule has 4 nitrogen and oxygen atoms in total. The molecule has 0 aromatic carbocycles. The molecule has 0 radical (unpaired) electrons. The first kappa shape index (κ1) is 9.86. The molecule has 1 atom stereocenters. The zero-order valence-corrected chi connectivity index (χ0v) is 9.31. The van der Waals surface area contributed by atoms with Crippen molar-refractivity contribution in [3.05, 3.63) is 17.0 Å². The lowest BCUT2D eigenvalue weighted by Gasteiger charge is -2.23. The molecule has 1 aromatic rings. The molecule has 1 aromatic heterocycles. The van der Waals surface area contributed by atoms with Crippen LogP contribution in [0.15, 0.2) is 17.0 Å². The Hall–Kier alpha value is -0.680. The van der Waals surface area contributed by atoms with Gasteiger partial charge < -0.3 is 10.0 Å².